The molecule has 29 heavy (non-hydrogen) atoms. The van der Waals surface area contributed by atoms with Gasteiger partial charge in [0.2, 0.25) is 0 Å². The lowest BCUT2D eigenvalue weighted by molar-refractivity contribution is -0.118. The number of nitrogens with zero attached hydrogens (tertiary/aromatic N) is 4. The first-order valence-electron chi connectivity index (χ1n) is 9.21. The summed E-state index contributed by atoms with van der Waals surface area (Å²) in [5, 5.41) is 13.4. The van der Waals surface area contributed by atoms with Crippen molar-refractivity contribution >= 4 is 23.4 Å². The number of hydrazone groups is 1. The zero-order chi connectivity index (χ0) is 20.6. The molecular formula is C21H23N5O2S. The van der Waals surface area contributed by atoms with Crippen molar-refractivity contribution < 1.29 is 9.53 Å². The van der Waals surface area contributed by atoms with E-state index in [2.05, 4.69) is 20.7 Å². The summed E-state index contributed by atoms with van der Waals surface area (Å²) >= 11 is 1.33. The Hall–Kier alpha value is -3.13. The molecule has 0 aliphatic heterocycles. The first-order chi connectivity index (χ1) is 14.1. The van der Waals surface area contributed by atoms with Crippen molar-refractivity contribution in [2.75, 3.05) is 12.9 Å². The summed E-state index contributed by atoms with van der Waals surface area (Å²) < 4.78 is 7.18. The summed E-state index contributed by atoms with van der Waals surface area (Å²) in [5.74, 6) is 1.55. The number of rotatable bonds is 8. The van der Waals surface area contributed by atoms with E-state index in [-0.39, 0.29) is 11.7 Å². The van der Waals surface area contributed by atoms with Crippen LogP contribution in [0.3, 0.4) is 0 Å². The van der Waals surface area contributed by atoms with E-state index in [4.69, 9.17) is 4.74 Å². The van der Waals surface area contributed by atoms with Gasteiger partial charge in [-0.3, -0.25) is 4.79 Å². The number of methoxy groups -OCH3 is 1. The molecule has 150 valence electrons. The Labute approximate surface area is 174 Å². The van der Waals surface area contributed by atoms with Crippen molar-refractivity contribution in [2.24, 2.45) is 5.10 Å². The maximum absolute atomic E-state index is 12.2. The number of nitrogens with one attached hydrogen (secondary N) is 1. The quantitative estimate of drug-likeness (QED) is 0.349. The number of carbonyl (C=O) groups excluding carboxylic acids is 1. The van der Waals surface area contributed by atoms with Crippen LogP contribution in [0.15, 0.2) is 64.9 Å². The Bertz CT molecular complexity index is 984. The smallest absolute Gasteiger partial charge is 0.250 e. The van der Waals surface area contributed by atoms with E-state index in [1.54, 1.807) is 7.11 Å². The van der Waals surface area contributed by atoms with E-state index < -0.39 is 0 Å². The van der Waals surface area contributed by atoms with Crippen LogP contribution in [0.25, 0.3) is 11.4 Å². The number of carbonyl (C=O) groups is 1. The van der Waals surface area contributed by atoms with Gasteiger partial charge in [0.25, 0.3) is 5.91 Å². The van der Waals surface area contributed by atoms with Gasteiger partial charge in [-0.25, -0.2) is 5.43 Å². The van der Waals surface area contributed by atoms with E-state index in [1.165, 1.54) is 11.8 Å². The van der Waals surface area contributed by atoms with Gasteiger partial charge in [-0.2, -0.15) is 5.10 Å². The first-order valence-corrected chi connectivity index (χ1v) is 10.2. The highest BCUT2D eigenvalue weighted by Gasteiger charge is 2.14. The lowest BCUT2D eigenvalue weighted by Crippen LogP contribution is -2.21. The highest BCUT2D eigenvalue weighted by molar-refractivity contribution is 7.99. The molecule has 0 aliphatic rings. The van der Waals surface area contributed by atoms with Crippen molar-refractivity contribution in [3.05, 3.63) is 60.2 Å². The van der Waals surface area contributed by atoms with E-state index in [0.717, 1.165) is 28.4 Å². The Morgan fingerprint density at radius 3 is 2.52 bits per heavy atom. The Balaban J connectivity index is 1.63. The van der Waals surface area contributed by atoms with Gasteiger partial charge in [-0.1, -0.05) is 42.1 Å². The molecule has 7 nitrogen and oxygen atoms in total. The molecule has 1 amide bonds. The average Bonchev–Trinajstić information content (AvgIpc) is 3.19. The molecule has 3 aromatic rings. The zero-order valence-electron chi connectivity index (χ0n) is 16.6. The van der Waals surface area contributed by atoms with Crippen LogP contribution in [0, 0.1) is 0 Å². The molecule has 3 rings (SSSR count). The zero-order valence-corrected chi connectivity index (χ0v) is 17.4. The molecule has 0 radical (unpaired) electrons. The molecular weight excluding hydrogens is 386 g/mol. The lowest BCUT2D eigenvalue weighted by atomic mass is 10.1. The SMILES string of the molecule is CCn1c(SCC(=O)N/N=C(\C)c2ccccc2)nnc1-c1ccc(OC)cc1. The van der Waals surface area contributed by atoms with E-state index >= 15 is 0 Å². The number of hydrogen-bond acceptors (Lipinski definition) is 6. The van der Waals surface area contributed by atoms with Gasteiger partial charge in [0.05, 0.1) is 18.6 Å². The summed E-state index contributed by atoms with van der Waals surface area (Å²) in [7, 11) is 1.63. The van der Waals surface area contributed by atoms with Crippen LogP contribution in [0.2, 0.25) is 0 Å². The third-order valence-electron chi connectivity index (χ3n) is 4.25. The fourth-order valence-electron chi connectivity index (χ4n) is 2.69. The van der Waals surface area contributed by atoms with Gasteiger partial charge in [0.1, 0.15) is 5.75 Å². The minimum atomic E-state index is -0.193. The second-order valence-electron chi connectivity index (χ2n) is 6.17. The highest BCUT2D eigenvalue weighted by atomic mass is 32.2. The number of benzene rings is 2. The normalized spacial score (nSPS) is 11.3. The van der Waals surface area contributed by atoms with Crippen molar-refractivity contribution in [1.82, 2.24) is 20.2 Å². The van der Waals surface area contributed by atoms with Gasteiger partial charge >= 0.3 is 0 Å². The van der Waals surface area contributed by atoms with Crippen molar-refractivity contribution in [1.29, 1.82) is 0 Å². The highest BCUT2D eigenvalue weighted by Crippen LogP contribution is 2.25. The van der Waals surface area contributed by atoms with Crippen LogP contribution in [-0.2, 0) is 11.3 Å². The first kappa shape index (κ1) is 20.6. The van der Waals surface area contributed by atoms with Crippen LogP contribution < -0.4 is 10.2 Å². The molecule has 8 heteroatoms. The molecule has 0 unspecified atom stereocenters. The summed E-state index contributed by atoms with van der Waals surface area (Å²) in [6.07, 6.45) is 0. The molecule has 0 bridgehead atoms. The molecule has 0 atom stereocenters. The molecule has 2 aromatic carbocycles. The maximum Gasteiger partial charge on any atom is 0.250 e. The van der Waals surface area contributed by atoms with Gasteiger partial charge in [-0.15, -0.1) is 10.2 Å². The molecule has 0 saturated heterocycles. The summed E-state index contributed by atoms with van der Waals surface area (Å²) in [5.41, 5.74) is 5.26. The maximum atomic E-state index is 12.2. The topological polar surface area (TPSA) is 81.4 Å². The minimum absolute atomic E-state index is 0.193. The third-order valence-corrected chi connectivity index (χ3v) is 5.22. The summed E-state index contributed by atoms with van der Waals surface area (Å²) in [6, 6.07) is 17.4. The standard InChI is InChI=1S/C21H23N5O2S/c1-4-26-20(17-10-12-18(28-3)13-11-17)24-25-21(26)29-14-19(27)23-22-15(2)16-8-6-5-7-9-16/h5-13H,4,14H2,1-3H3,(H,23,27)/b22-15+. The van der Waals surface area contributed by atoms with E-state index in [1.807, 2.05) is 73.0 Å². The van der Waals surface area contributed by atoms with E-state index in [9.17, 15) is 4.79 Å². The van der Waals surface area contributed by atoms with Crippen LogP contribution in [0.1, 0.15) is 19.4 Å². The number of thioether (sulfide) groups is 1. The van der Waals surface area contributed by atoms with Crippen LogP contribution >= 0.6 is 11.8 Å². The minimum Gasteiger partial charge on any atom is -0.497 e. The molecule has 0 fully saturated rings. The second-order valence-corrected chi connectivity index (χ2v) is 7.11. The van der Waals surface area contributed by atoms with Crippen molar-refractivity contribution in [3.8, 4) is 17.1 Å². The monoisotopic (exact) mass is 409 g/mol. The number of aromatic nitrogens is 3. The van der Waals surface area contributed by atoms with Crippen LogP contribution in [0.4, 0.5) is 0 Å². The fraction of sp³-hybridized carbons (Fsp3) is 0.238. The molecule has 0 aliphatic carbocycles. The predicted octanol–water partition coefficient (Wildman–Crippen LogP) is 3.61. The number of ether oxygens (including phenoxy) is 1. The lowest BCUT2D eigenvalue weighted by Gasteiger charge is -2.08. The van der Waals surface area contributed by atoms with Gasteiger partial charge in [-0.05, 0) is 43.7 Å². The van der Waals surface area contributed by atoms with Crippen LogP contribution in [-0.4, -0.2) is 39.2 Å². The summed E-state index contributed by atoms with van der Waals surface area (Å²) in [6.45, 7) is 4.58. The Kier molecular flexibility index (Phi) is 7.02. The third kappa shape index (κ3) is 5.23. The van der Waals surface area contributed by atoms with Gasteiger partial charge in [0, 0.05) is 12.1 Å². The largest absolute Gasteiger partial charge is 0.497 e. The van der Waals surface area contributed by atoms with E-state index in [0.29, 0.717) is 11.7 Å². The summed E-state index contributed by atoms with van der Waals surface area (Å²) in [4.78, 5) is 12.2. The van der Waals surface area contributed by atoms with Gasteiger partial charge in [0.15, 0.2) is 11.0 Å². The van der Waals surface area contributed by atoms with Gasteiger partial charge < -0.3 is 9.30 Å². The Morgan fingerprint density at radius 2 is 1.86 bits per heavy atom. The van der Waals surface area contributed by atoms with Crippen molar-refractivity contribution in [2.45, 2.75) is 25.5 Å². The molecule has 1 N–H and O–H groups in total. The van der Waals surface area contributed by atoms with Crippen LogP contribution in [0.5, 0.6) is 5.75 Å². The molecule has 1 heterocycles. The second kappa shape index (κ2) is 9.88. The number of hydrogen-bond donors (Lipinski definition) is 1. The molecule has 0 saturated carbocycles. The van der Waals surface area contributed by atoms with Crippen molar-refractivity contribution in [3.63, 3.8) is 0 Å². The predicted molar refractivity (Wildman–Crippen MR) is 115 cm³/mol. The molecule has 1 aromatic heterocycles. The Morgan fingerprint density at radius 1 is 1.14 bits per heavy atom. The molecule has 0 spiro atoms. The number of amides is 1. The average molecular weight is 410 g/mol. The fourth-order valence-corrected chi connectivity index (χ4v) is 3.48.